The summed E-state index contributed by atoms with van der Waals surface area (Å²) in [7, 11) is -2.92. The van der Waals surface area contributed by atoms with E-state index in [1.807, 2.05) is 24.0 Å². The summed E-state index contributed by atoms with van der Waals surface area (Å²) in [5.41, 5.74) is 6.78. The third-order valence-corrected chi connectivity index (χ3v) is 6.71. The molecular weight excluding hydrogens is 324 g/mol. The molecule has 0 saturated carbocycles. The van der Waals surface area contributed by atoms with Gasteiger partial charge in [0.2, 0.25) is 0 Å². The quantitative estimate of drug-likeness (QED) is 0.866. The molecule has 0 aliphatic carbocycles. The van der Waals surface area contributed by atoms with Gasteiger partial charge >= 0.3 is 0 Å². The number of rotatable bonds is 3. The Labute approximate surface area is 138 Å². The third-order valence-electron chi connectivity index (χ3n) is 4.82. The highest BCUT2D eigenvalue weighted by Gasteiger charge is 2.40. The third kappa shape index (κ3) is 3.48. The average Bonchev–Trinajstić information content (AvgIpc) is 3.02. The zero-order valence-corrected chi connectivity index (χ0v) is 14.7. The van der Waals surface area contributed by atoms with Crippen LogP contribution in [0, 0.1) is 5.92 Å². The number of hydrogen-bond acceptors (Lipinski definition) is 5. The fourth-order valence-electron chi connectivity index (χ4n) is 3.39. The van der Waals surface area contributed by atoms with Gasteiger partial charge in [-0.1, -0.05) is 6.92 Å². The lowest BCUT2D eigenvalue weighted by atomic mass is 10.0. The predicted molar refractivity (Wildman–Crippen MR) is 88.8 cm³/mol. The maximum Gasteiger partial charge on any atom is 0.152 e. The summed E-state index contributed by atoms with van der Waals surface area (Å²) >= 11 is 0. The van der Waals surface area contributed by atoms with Gasteiger partial charge in [-0.3, -0.25) is 9.58 Å². The van der Waals surface area contributed by atoms with Gasteiger partial charge in [-0.15, -0.1) is 12.4 Å². The summed E-state index contributed by atoms with van der Waals surface area (Å²) in [6, 6.07) is 0.248. The van der Waals surface area contributed by atoms with Crippen LogP contribution in [0.3, 0.4) is 0 Å². The van der Waals surface area contributed by atoms with Crippen molar-refractivity contribution in [2.75, 3.05) is 24.6 Å². The fraction of sp³-hybridized carbons (Fsp3) is 0.786. The van der Waals surface area contributed by atoms with E-state index >= 15 is 0 Å². The summed E-state index contributed by atoms with van der Waals surface area (Å²) in [5, 5.41) is 4.41. The van der Waals surface area contributed by atoms with Crippen LogP contribution in [0.4, 0.5) is 0 Å². The molecule has 1 aromatic heterocycles. The van der Waals surface area contributed by atoms with Gasteiger partial charge in [0.05, 0.1) is 23.2 Å². The number of nitrogens with two attached hydrogens (primary N) is 1. The summed E-state index contributed by atoms with van der Waals surface area (Å²) < 4.78 is 25.3. The van der Waals surface area contributed by atoms with Crippen molar-refractivity contribution in [3.63, 3.8) is 0 Å². The maximum atomic E-state index is 11.7. The molecule has 0 amide bonds. The van der Waals surface area contributed by atoms with E-state index in [1.54, 1.807) is 0 Å². The van der Waals surface area contributed by atoms with Crippen LogP contribution in [0.2, 0.25) is 0 Å². The lowest BCUT2D eigenvalue weighted by molar-refractivity contribution is 0.314. The van der Waals surface area contributed by atoms with Gasteiger partial charge in [-0.25, -0.2) is 8.42 Å². The van der Waals surface area contributed by atoms with Crippen LogP contribution in [0.15, 0.2) is 12.4 Å². The highest BCUT2D eigenvalue weighted by atomic mass is 35.5. The summed E-state index contributed by atoms with van der Waals surface area (Å²) in [4.78, 5) is 2.34. The molecule has 8 heteroatoms. The van der Waals surface area contributed by atoms with Crippen LogP contribution in [0.25, 0.3) is 0 Å². The summed E-state index contributed by atoms with van der Waals surface area (Å²) in [6.07, 6.45) is 4.49. The Bertz CT molecular complexity index is 623. The Balaban J connectivity index is 0.00000176. The van der Waals surface area contributed by atoms with Crippen molar-refractivity contribution in [3.8, 4) is 0 Å². The van der Waals surface area contributed by atoms with Crippen LogP contribution in [0.5, 0.6) is 0 Å². The second-order valence-electron chi connectivity index (χ2n) is 6.97. The minimum atomic E-state index is -2.92. The Morgan fingerprint density at radius 2 is 2.18 bits per heavy atom. The van der Waals surface area contributed by atoms with Gasteiger partial charge in [-0.2, -0.15) is 5.10 Å². The average molecular weight is 349 g/mol. The summed E-state index contributed by atoms with van der Waals surface area (Å²) in [6.45, 7) is 6.91. The zero-order chi connectivity index (χ0) is 15.3. The lowest BCUT2D eigenvalue weighted by Crippen LogP contribution is -2.31. The van der Waals surface area contributed by atoms with Gasteiger partial charge in [0.15, 0.2) is 9.84 Å². The largest absolute Gasteiger partial charge is 0.326 e. The molecule has 0 aromatic carbocycles. The van der Waals surface area contributed by atoms with Gasteiger partial charge in [0.1, 0.15) is 0 Å². The maximum absolute atomic E-state index is 11.7. The lowest BCUT2D eigenvalue weighted by Gasteiger charge is -2.22. The highest BCUT2D eigenvalue weighted by Crippen LogP contribution is 2.30. The first-order valence-corrected chi connectivity index (χ1v) is 9.32. The number of nitrogens with zero attached hydrogens (tertiary/aromatic N) is 3. The van der Waals surface area contributed by atoms with Crippen molar-refractivity contribution in [2.45, 2.75) is 38.4 Å². The normalized spacial score (nSPS) is 34.7. The van der Waals surface area contributed by atoms with Crippen LogP contribution >= 0.6 is 12.4 Å². The van der Waals surface area contributed by atoms with Crippen molar-refractivity contribution in [2.24, 2.45) is 11.7 Å². The van der Waals surface area contributed by atoms with Crippen LogP contribution in [-0.2, 0) is 21.9 Å². The van der Waals surface area contributed by atoms with Crippen molar-refractivity contribution < 1.29 is 8.42 Å². The SMILES string of the molecule is CC1CN(Cc2cnn(C3(C)CCS(=O)(=O)C3)c2)CC1N.Cl. The molecule has 3 rings (SSSR count). The van der Waals surface area contributed by atoms with E-state index in [-0.39, 0.29) is 30.0 Å². The smallest absolute Gasteiger partial charge is 0.152 e. The first-order chi connectivity index (χ1) is 9.77. The first-order valence-electron chi connectivity index (χ1n) is 7.50. The molecule has 3 heterocycles. The van der Waals surface area contributed by atoms with E-state index in [4.69, 9.17) is 5.73 Å². The topological polar surface area (TPSA) is 81.2 Å². The molecule has 3 atom stereocenters. The highest BCUT2D eigenvalue weighted by molar-refractivity contribution is 7.91. The molecule has 0 radical (unpaired) electrons. The van der Waals surface area contributed by atoms with Crippen molar-refractivity contribution in [1.82, 2.24) is 14.7 Å². The molecule has 2 aliphatic heterocycles. The van der Waals surface area contributed by atoms with Crippen molar-refractivity contribution in [3.05, 3.63) is 18.0 Å². The van der Waals surface area contributed by atoms with Crippen molar-refractivity contribution in [1.29, 1.82) is 0 Å². The Morgan fingerprint density at radius 1 is 1.45 bits per heavy atom. The molecule has 2 N–H and O–H groups in total. The predicted octanol–water partition coefficient (Wildman–Crippen LogP) is 0.618. The second kappa shape index (κ2) is 6.11. The van der Waals surface area contributed by atoms with Gasteiger partial charge in [-0.05, 0) is 19.3 Å². The molecular formula is C14H25ClN4O2S. The van der Waals surface area contributed by atoms with E-state index in [2.05, 4.69) is 16.9 Å². The molecule has 2 saturated heterocycles. The molecule has 0 bridgehead atoms. The van der Waals surface area contributed by atoms with Crippen LogP contribution in [-0.4, -0.2) is 53.7 Å². The molecule has 3 unspecified atom stereocenters. The Hall–Kier alpha value is -0.630. The van der Waals surface area contributed by atoms with E-state index in [9.17, 15) is 8.42 Å². The molecule has 2 fully saturated rings. The van der Waals surface area contributed by atoms with Gasteiger partial charge < -0.3 is 5.73 Å². The fourth-order valence-corrected chi connectivity index (χ4v) is 5.51. The minimum absolute atomic E-state index is 0. The Kier molecular flexibility index (Phi) is 4.92. The molecule has 0 spiro atoms. The number of halogens is 1. The molecule has 1 aromatic rings. The zero-order valence-electron chi connectivity index (χ0n) is 13.1. The van der Waals surface area contributed by atoms with E-state index in [0.29, 0.717) is 12.3 Å². The monoisotopic (exact) mass is 348 g/mol. The number of likely N-dealkylation sites (tertiary alicyclic amines) is 1. The standard InChI is InChI=1S/C14H24N4O2S.ClH/c1-11-6-17(9-13(11)15)7-12-5-16-18(8-12)14(2)3-4-21(19,20)10-14;/h5,8,11,13H,3-4,6-7,9-10,15H2,1-2H3;1H. The van der Waals surface area contributed by atoms with Crippen LogP contribution in [0.1, 0.15) is 25.8 Å². The minimum Gasteiger partial charge on any atom is -0.326 e. The molecule has 6 nitrogen and oxygen atoms in total. The van der Waals surface area contributed by atoms with E-state index < -0.39 is 15.4 Å². The molecule has 126 valence electrons. The number of aromatic nitrogens is 2. The van der Waals surface area contributed by atoms with Crippen molar-refractivity contribution >= 4 is 22.2 Å². The molecule has 2 aliphatic rings. The summed E-state index contributed by atoms with van der Waals surface area (Å²) in [5.74, 6) is 0.974. The number of sulfone groups is 1. The van der Waals surface area contributed by atoms with Gasteiger partial charge in [0.25, 0.3) is 0 Å². The number of hydrogen-bond donors (Lipinski definition) is 1. The van der Waals surface area contributed by atoms with E-state index in [1.165, 1.54) is 0 Å². The van der Waals surface area contributed by atoms with Crippen LogP contribution < -0.4 is 5.73 Å². The first kappa shape index (κ1) is 17.7. The second-order valence-corrected chi connectivity index (χ2v) is 9.15. The molecule has 22 heavy (non-hydrogen) atoms. The van der Waals surface area contributed by atoms with Gasteiger partial charge in [0, 0.05) is 37.4 Å². The van der Waals surface area contributed by atoms with E-state index in [0.717, 1.165) is 25.2 Å². The Morgan fingerprint density at radius 3 is 2.73 bits per heavy atom.